The van der Waals surface area contributed by atoms with Crippen LogP contribution in [-0.4, -0.2) is 31.4 Å². The Labute approximate surface area is 87.7 Å². The molecule has 0 radical (unpaired) electrons. The van der Waals surface area contributed by atoms with Crippen LogP contribution in [0.2, 0.25) is 0 Å². The Balaban J connectivity index is 2.77. The van der Waals surface area contributed by atoms with Crippen molar-refractivity contribution in [1.29, 1.82) is 0 Å². The third kappa shape index (κ3) is 1.86. The van der Waals surface area contributed by atoms with Crippen LogP contribution >= 0.6 is 0 Å². The fraction of sp³-hybridized carbons (Fsp3) is 0.700. The van der Waals surface area contributed by atoms with Crippen molar-refractivity contribution in [2.45, 2.75) is 20.3 Å². The smallest absolute Gasteiger partial charge is 0.324 e. The minimum atomic E-state index is -1.35. The number of hydrogen-bond donors (Lipinski definition) is 0. The van der Waals surface area contributed by atoms with Gasteiger partial charge in [-0.15, -0.1) is 0 Å². The normalized spacial score (nSPS) is 21.6. The van der Waals surface area contributed by atoms with Crippen LogP contribution in [0.3, 0.4) is 0 Å². The molecule has 1 fully saturated rings. The van der Waals surface area contributed by atoms with Crippen molar-refractivity contribution < 1.29 is 23.9 Å². The zero-order chi connectivity index (χ0) is 11.5. The number of ether oxygens (including phenoxy) is 2. The van der Waals surface area contributed by atoms with Crippen molar-refractivity contribution in [3.63, 3.8) is 0 Å². The molecule has 0 saturated heterocycles. The second-order valence-electron chi connectivity index (χ2n) is 3.36. The zero-order valence-electron chi connectivity index (χ0n) is 8.82. The van der Waals surface area contributed by atoms with Crippen molar-refractivity contribution in [1.82, 2.24) is 0 Å². The maximum Gasteiger partial charge on any atom is 0.324 e. The summed E-state index contributed by atoms with van der Waals surface area (Å²) in [7, 11) is 0. The van der Waals surface area contributed by atoms with Crippen molar-refractivity contribution in [3.8, 4) is 0 Å². The highest BCUT2D eigenvalue weighted by atomic mass is 16.6. The Hall–Kier alpha value is -1.39. The molecule has 15 heavy (non-hydrogen) atoms. The number of carbonyl (C=O) groups is 3. The van der Waals surface area contributed by atoms with Crippen molar-refractivity contribution in [2.24, 2.45) is 11.3 Å². The first-order valence-electron chi connectivity index (χ1n) is 4.93. The number of esters is 2. The zero-order valence-corrected chi connectivity index (χ0v) is 8.82. The van der Waals surface area contributed by atoms with Crippen LogP contribution in [0.4, 0.5) is 0 Å². The predicted molar refractivity (Wildman–Crippen MR) is 49.9 cm³/mol. The van der Waals surface area contributed by atoms with Gasteiger partial charge in [0.25, 0.3) is 0 Å². The SMILES string of the molecule is CCOC(=O)C1(C(=O)OCC)C[C@H]1C=O. The Morgan fingerprint density at radius 3 is 2.00 bits per heavy atom. The average Bonchev–Trinajstić information content (AvgIpc) is 2.94. The van der Waals surface area contributed by atoms with Crippen molar-refractivity contribution in [2.75, 3.05) is 13.2 Å². The summed E-state index contributed by atoms with van der Waals surface area (Å²) in [5, 5.41) is 0. The lowest BCUT2D eigenvalue weighted by molar-refractivity contribution is -0.165. The van der Waals surface area contributed by atoms with Crippen molar-refractivity contribution in [3.05, 3.63) is 0 Å². The molecular weight excluding hydrogens is 200 g/mol. The van der Waals surface area contributed by atoms with E-state index in [1.54, 1.807) is 13.8 Å². The fourth-order valence-corrected chi connectivity index (χ4v) is 1.52. The van der Waals surface area contributed by atoms with E-state index < -0.39 is 23.3 Å². The molecule has 0 bridgehead atoms. The fourth-order valence-electron chi connectivity index (χ4n) is 1.52. The monoisotopic (exact) mass is 214 g/mol. The van der Waals surface area contributed by atoms with Crippen LogP contribution in [0.25, 0.3) is 0 Å². The van der Waals surface area contributed by atoms with Crippen LogP contribution in [0, 0.1) is 11.3 Å². The first-order chi connectivity index (χ1) is 7.13. The van der Waals surface area contributed by atoms with Crippen molar-refractivity contribution >= 4 is 18.2 Å². The molecule has 1 rings (SSSR count). The maximum atomic E-state index is 11.5. The summed E-state index contributed by atoms with van der Waals surface area (Å²) < 4.78 is 9.54. The molecule has 1 aliphatic carbocycles. The highest BCUT2D eigenvalue weighted by molar-refractivity contribution is 6.07. The molecule has 1 saturated carbocycles. The third-order valence-electron chi connectivity index (χ3n) is 2.46. The molecule has 1 aliphatic rings. The summed E-state index contributed by atoms with van der Waals surface area (Å²) in [6.45, 7) is 3.67. The minimum absolute atomic E-state index is 0.186. The van der Waals surface area contributed by atoms with E-state index in [9.17, 15) is 14.4 Å². The van der Waals surface area contributed by atoms with Crippen LogP contribution in [0.5, 0.6) is 0 Å². The van der Waals surface area contributed by atoms with E-state index in [-0.39, 0.29) is 19.6 Å². The Kier molecular flexibility index (Phi) is 3.44. The number of carbonyl (C=O) groups excluding carboxylic acids is 3. The van der Waals surface area contributed by atoms with Crippen LogP contribution in [-0.2, 0) is 23.9 Å². The molecule has 1 atom stereocenters. The van der Waals surface area contributed by atoms with Crippen LogP contribution in [0.1, 0.15) is 20.3 Å². The minimum Gasteiger partial charge on any atom is -0.465 e. The van der Waals surface area contributed by atoms with Gasteiger partial charge in [-0.3, -0.25) is 9.59 Å². The molecule has 0 amide bonds. The van der Waals surface area contributed by atoms with Gasteiger partial charge in [-0.25, -0.2) is 0 Å². The molecule has 0 unspecified atom stereocenters. The maximum absolute atomic E-state index is 11.5. The Morgan fingerprint density at radius 2 is 1.73 bits per heavy atom. The highest BCUT2D eigenvalue weighted by Crippen LogP contribution is 2.53. The molecule has 0 aromatic heterocycles. The van der Waals surface area contributed by atoms with Gasteiger partial charge in [-0.1, -0.05) is 0 Å². The quantitative estimate of drug-likeness (QED) is 0.374. The van der Waals surface area contributed by atoms with Gasteiger partial charge in [0.1, 0.15) is 6.29 Å². The van der Waals surface area contributed by atoms with E-state index >= 15 is 0 Å². The van der Waals surface area contributed by atoms with E-state index in [4.69, 9.17) is 9.47 Å². The molecule has 0 aromatic rings. The second-order valence-corrected chi connectivity index (χ2v) is 3.36. The molecule has 0 aliphatic heterocycles. The summed E-state index contributed by atoms with van der Waals surface area (Å²) in [6, 6.07) is 0. The van der Waals surface area contributed by atoms with Crippen LogP contribution < -0.4 is 0 Å². The van der Waals surface area contributed by atoms with Gasteiger partial charge in [0, 0.05) is 5.92 Å². The van der Waals surface area contributed by atoms with E-state index in [0.717, 1.165) is 0 Å². The molecule has 5 nitrogen and oxygen atoms in total. The van der Waals surface area contributed by atoms with Gasteiger partial charge in [-0.05, 0) is 20.3 Å². The van der Waals surface area contributed by atoms with E-state index in [2.05, 4.69) is 0 Å². The summed E-state index contributed by atoms with van der Waals surface area (Å²) in [6.07, 6.45) is 0.808. The average molecular weight is 214 g/mol. The van der Waals surface area contributed by atoms with E-state index in [1.165, 1.54) is 0 Å². The summed E-state index contributed by atoms with van der Waals surface area (Å²) in [5.74, 6) is -1.89. The molecule has 5 heteroatoms. The molecular formula is C10H14O5. The van der Waals surface area contributed by atoms with Gasteiger partial charge in [0.2, 0.25) is 0 Å². The first kappa shape index (κ1) is 11.7. The van der Waals surface area contributed by atoms with Gasteiger partial charge in [0.05, 0.1) is 13.2 Å². The van der Waals surface area contributed by atoms with Gasteiger partial charge in [0.15, 0.2) is 5.41 Å². The van der Waals surface area contributed by atoms with E-state index in [0.29, 0.717) is 6.29 Å². The second kappa shape index (κ2) is 4.42. The Morgan fingerprint density at radius 1 is 1.27 bits per heavy atom. The van der Waals surface area contributed by atoms with Gasteiger partial charge < -0.3 is 14.3 Å². The highest BCUT2D eigenvalue weighted by Gasteiger charge is 2.68. The summed E-state index contributed by atoms with van der Waals surface area (Å²) >= 11 is 0. The topological polar surface area (TPSA) is 69.7 Å². The largest absolute Gasteiger partial charge is 0.465 e. The number of aldehydes is 1. The van der Waals surface area contributed by atoms with Gasteiger partial charge >= 0.3 is 11.9 Å². The molecule has 0 aromatic carbocycles. The lowest BCUT2D eigenvalue weighted by Crippen LogP contribution is -2.32. The van der Waals surface area contributed by atoms with E-state index in [1.807, 2.05) is 0 Å². The number of rotatable bonds is 5. The lowest BCUT2D eigenvalue weighted by atomic mass is 10.1. The molecule has 0 N–H and O–H groups in total. The third-order valence-corrected chi connectivity index (χ3v) is 2.46. The summed E-state index contributed by atoms with van der Waals surface area (Å²) in [5.41, 5.74) is -1.35. The molecule has 0 spiro atoms. The summed E-state index contributed by atoms with van der Waals surface area (Å²) in [4.78, 5) is 33.6. The Bertz CT molecular complexity index is 266. The van der Waals surface area contributed by atoms with Gasteiger partial charge in [-0.2, -0.15) is 0 Å². The standard InChI is InChI=1S/C10H14O5/c1-3-14-8(12)10(5-7(10)6-11)9(13)15-4-2/h6-7H,3-5H2,1-2H3/t7-/m0/s1. The molecule has 0 heterocycles. The predicted octanol–water partition coefficient (Wildman–Crippen LogP) is 0.318. The lowest BCUT2D eigenvalue weighted by Gasteiger charge is -2.12. The van der Waals surface area contributed by atoms with Crippen LogP contribution in [0.15, 0.2) is 0 Å². The first-order valence-corrected chi connectivity index (χ1v) is 4.93. The molecule has 84 valence electrons. The number of hydrogen-bond acceptors (Lipinski definition) is 5.